The lowest BCUT2D eigenvalue weighted by Crippen LogP contribution is -2.40. The first-order valence-corrected chi connectivity index (χ1v) is 12.2. The molecule has 8 heteroatoms. The van der Waals surface area contributed by atoms with E-state index in [1.165, 1.54) is 6.07 Å². The van der Waals surface area contributed by atoms with E-state index in [0.29, 0.717) is 37.4 Å². The summed E-state index contributed by atoms with van der Waals surface area (Å²) in [5, 5.41) is 0. The number of nitrogens with zero attached hydrogens (tertiary/aromatic N) is 3. The van der Waals surface area contributed by atoms with Crippen molar-refractivity contribution in [1.82, 2.24) is 14.5 Å². The summed E-state index contributed by atoms with van der Waals surface area (Å²) >= 11 is 0. The molecule has 3 heterocycles. The van der Waals surface area contributed by atoms with E-state index in [0.717, 1.165) is 22.4 Å². The molecule has 0 aliphatic carbocycles. The van der Waals surface area contributed by atoms with Crippen molar-refractivity contribution in [1.29, 1.82) is 0 Å². The Morgan fingerprint density at radius 1 is 0.946 bits per heavy atom. The first kappa shape index (κ1) is 23.4. The van der Waals surface area contributed by atoms with Crippen LogP contribution in [-0.4, -0.2) is 27.3 Å². The second-order valence-corrected chi connectivity index (χ2v) is 9.39. The van der Waals surface area contributed by atoms with Crippen LogP contribution in [0.2, 0.25) is 0 Å². The van der Waals surface area contributed by atoms with Crippen LogP contribution >= 0.6 is 0 Å². The van der Waals surface area contributed by atoms with Gasteiger partial charge in [0.25, 0.3) is 5.56 Å². The van der Waals surface area contributed by atoms with Crippen molar-refractivity contribution in [2.24, 2.45) is 0 Å². The van der Waals surface area contributed by atoms with Gasteiger partial charge in [0.1, 0.15) is 5.82 Å². The monoisotopic (exact) mass is 501 g/mol. The zero-order valence-electron chi connectivity index (χ0n) is 20.2. The molecule has 2 aliphatic heterocycles. The molecular weight excluding hydrogens is 476 g/mol. The van der Waals surface area contributed by atoms with Gasteiger partial charge in [0.2, 0.25) is 0 Å². The van der Waals surface area contributed by atoms with Gasteiger partial charge < -0.3 is 9.47 Å². The molecule has 2 aliphatic rings. The number of fused-ring (bicyclic) bond motifs is 2. The van der Waals surface area contributed by atoms with Crippen LogP contribution in [-0.2, 0) is 19.5 Å². The third-order valence-corrected chi connectivity index (χ3v) is 6.88. The van der Waals surface area contributed by atoms with Crippen molar-refractivity contribution in [3.63, 3.8) is 0 Å². The predicted molar refractivity (Wildman–Crippen MR) is 134 cm³/mol. The Morgan fingerprint density at radius 3 is 2.27 bits per heavy atom. The second kappa shape index (κ2) is 9.12. The minimum absolute atomic E-state index is 0.0214. The molecule has 0 amide bonds. The summed E-state index contributed by atoms with van der Waals surface area (Å²) in [5.74, 6) is 0.716. The number of halogens is 2. The van der Waals surface area contributed by atoms with Gasteiger partial charge in [-0.3, -0.25) is 14.3 Å². The van der Waals surface area contributed by atoms with Crippen LogP contribution in [0, 0.1) is 6.92 Å². The Hall–Kier alpha value is -4.04. The van der Waals surface area contributed by atoms with Gasteiger partial charge in [-0.2, -0.15) is 0 Å². The van der Waals surface area contributed by atoms with E-state index < -0.39 is 6.29 Å². The van der Waals surface area contributed by atoms with Crippen molar-refractivity contribution in [3.8, 4) is 11.5 Å². The summed E-state index contributed by atoms with van der Waals surface area (Å²) in [4.78, 5) is 21.0. The zero-order valence-corrected chi connectivity index (χ0v) is 20.2. The van der Waals surface area contributed by atoms with Gasteiger partial charge in [0.15, 0.2) is 11.5 Å². The number of ether oxygens (including phenoxy) is 2. The summed E-state index contributed by atoms with van der Waals surface area (Å²) in [6.07, 6.45) is -3.01. The van der Waals surface area contributed by atoms with Crippen molar-refractivity contribution in [2.75, 3.05) is 6.54 Å². The van der Waals surface area contributed by atoms with Crippen molar-refractivity contribution >= 4 is 0 Å². The highest BCUT2D eigenvalue weighted by atomic mass is 19.3. The first-order chi connectivity index (χ1) is 17.9. The average molecular weight is 502 g/mol. The number of aryl methyl sites for hydroxylation is 1. The number of benzene rings is 3. The van der Waals surface area contributed by atoms with Gasteiger partial charge in [-0.05, 0) is 35.7 Å². The second-order valence-electron chi connectivity index (χ2n) is 9.39. The maximum Gasteiger partial charge on any atom is 0.586 e. The molecule has 0 radical (unpaired) electrons. The molecule has 0 fully saturated rings. The molecule has 0 spiro atoms. The lowest BCUT2D eigenvalue weighted by molar-refractivity contribution is -0.286. The van der Waals surface area contributed by atoms with Gasteiger partial charge in [-0.15, -0.1) is 8.78 Å². The van der Waals surface area contributed by atoms with Gasteiger partial charge in [-0.1, -0.05) is 66.7 Å². The minimum Gasteiger partial charge on any atom is -0.395 e. The fourth-order valence-electron chi connectivity index (χ4n) is 5.22. The Morgan fingerprint density at radius 2 is 1.59 bits per heavy atom. The molecule has 0 atom stereocenters. The van der Waals surface area contributed by atoms with Crippen LogP contribution in [0.5, 0.6) is 11.5 Å². The Kier molecular flexibility index (Phi) is 5.76. The maximum atomic E-state index is 14.0. The van der Waals surface area contributed by atoms with E-state index in [1.807, 2.05) is 67.6 Å². The van der Waals surface area contributed by atoms with E-state index in [-0.39, 0.29) is 23.1 Å². The molecule has 1 aromatic heterocycles. The fourth-order valence-corrected chi connectivity index (χ4v) is 5.22. The molecule has 3 aromatic carbocycles. The fraction of sp³-hybridized carbons (Fsp3) is 0.241. The summed E-state index contributed by atoms with van der Waals surface area (Å²) in [6.45, 7) is 3.49. The van der Waals surface area contributed by atoms with Crippen LogP contribution in [0.15, 0.2) is 83.7 Å². The molecule has 0 saturated carbocycles. The average Bonchev–Trinajstić information content (AvgIpc) is 3.21. The standard InChI is InChI=1S/C29H25F2N3O3/c1-19-32-24-14-15-33(17-20-12-13-25-26(16-20)37-29(30,31)36-25)18-23(24)28(35)34(19)27(21-8-4-2-5-9-21)22-10-6-3-7-11-22/h2-13,16,27H,14-15,17-18H2,1H3. The predicted octanol–water partition coefficient (Wildman–Crippen LogP) is 5.07. The highest BCUT2D eigenvalue weighted by Gasteiger charge is 2.43. The smallest absolute Gasteiger partial charge is 0.395 e. The minimum atomic E-state index is -3.65. The Labute approximate surface area is 212 Å². The number of aromatic nitrogens is 2. The molecule has 37 heavy (non-hydrogen) atoms. The van der Waals surface area contributed by atoms with Gasteiger partial charge in [-0.25, -0.2) is 4.98 Å². The topological polar surface area (TPSA) is 56.6 Å². The Bertz CT molecular complexity index is 1470. The van der Waals surface area contributed by atoms with Crippen molar-refractivity contribution in [2.45, 2.75) is 38.8 Å². The summed E-state index contributed by atoms with van der Waals surface area (Å²) in [6, 6.07) is 24.4. The van der Waals surface area contributed by atoms with Crippen LogP contribution in [0.3, 0.4) is 0 Å². The Balaban J connectivity index is 1.34. The molecule has 188 valence electrons. The van der Waals surface area contributed by atoms with E-state index in [9.17, 15) is 13.6 Å². The van der Waals surface area contributed by atoms with Crippen molar-refractivity contribution < 1.29 is 18.3 Å². The summed E-state index contributed by atoms with van der Waals surface area (Å²) in [7, 11) is 0. The van der Waals surface area contributed by atoms with E-state index in [2.05, 4.69) is 14.4 Å². The quantitative estimate of drug-likeness (QED) is 0.382. The number of hydrogen-bond acceptors (Lipinski definition) is 5. The zero-order chi connectivity index (χ0) is 25.6. The van der Waals surface area contributed by atoms with Crippen molar-refractivity contribution in [3.05, 3.63) is 123 Å². The number of alkyl halides is 2. The van der Waals surface area contributed by atoms with Gasteiger partial charge in [0, 0.05) is 26.1 Å². The molecular formula is C29H25F2N3O3. The molecule has 0 unspecified atom stereocenters. The first-order valence-electron chi connectivity index (χ1n) is 12.2. The molecule has 0 bridgehead atoms. The molecule has 6 nitrogen and oxygen atoms in total. The van der Waals surface area contributed by atoms with E-state index >= 15 is 0 Å². The van der Waals surface area contributed by atoms with Crippen LogP contribution in [0.4, 0.5) is 8.78 Å². The molecule has 4 aromatic rings. The van der Waals surface area contributed by atoms with Crippen LogP contribution in [0.25, 0.3) is 0 Å². The van der Waals surface area contributed by atoms with Gasteiger partial charge >= 0.3 is 6.29 Å². The highest BCUT2D eigenvalue weighted by Crippen LogP contribution is 2.41. The highest BCUT2D eigenvalue weighted by molar-refractivity contribution is 5.45. The molecule has 0 saturated heterocycles. The van der Waals surface area contributed by atoms with Crippen LogP contribution in [0.1, 0.15) is 39.8 Å². The number of rotatable bonds is 5. The SMILES string of the molecule is Cc1nc2c(c(=O)n1C(c1ccccc1)c1ccccc1)CN(Cc1ccc3c(c1)OC(F)(F)O3)CC2. The lowest BCUT2D eigenvalue weighted by atomic mass is 9.97. The summed E-state index contributed by atoms with van der Waals surface area (Å²) < 4.78 is 37.7. The van der Waals surface area contributed by atoms with E-state index in [4.69, 9.17) is 4.98 Å². The normalized spacial score (nSPS) is 16.1. The van der Waals surface area contributed by atoms with E-state index in [1.54, 1.807) is 16.7 Å². The molecule has 6 rings (SSSR count). The summed E-state index contributed by atoms with van der Waals surface area (Å²) in [5.41, 5.74) is 4.24. The lowest BCUT2D eigenvalue weighted by Gasteiger charge is -2.30. The molecule has 0 N–H and O–H groups in total. The number of hydrogen-bond donors (Lipinski definition) is 0. The van der Waals surface area contributed by atoms with Gasteiger partial charge in [0.05, 0.1) is 17.3 Å². The largest absolute Gasteiger partial charge is 0.586 e. The third-order valence-electron chi connectivity index (χ3n) is 6.88. The van der Waals surface area contributed by atoms with Crippen LogP contribution < -0.4 is 15.0 Å². The third kappa shape index (κ3) is 4.49. The maximum absolute atomic E-state index is 14.0.